The van der Waals surface area contributed by atoms with E-state index >= 15 is 0 Å². The lowest BCUT2D eigenvalue weighted by atomic mass is 9.91. The Kier molecular flexibility index (Phi) is 32.9. The number of nitro benzene ring substituents is 5. The first kappa shape index (κ1) is 102. The first-order chi connectivity index (χ1) is 71.4. The Hall–Kier alpha value is -16.1. The summed E-state index contributed by atoms with van der Waals surface area (Å²) in [6.07, 6.45) is 23.9. The number of likely N-dealkylation sites (tertiary alicyclic amines) is 1. The molecule has 6 saturated heterocycles. The average Bonchev–Trinajstić information content (AvgIpc) is 0.785. The molecule has 1 unspecified atom stereocenters. The number of rotatable bonds is 23. The number of fused-ring (bicyclic) bond motifs is 5. The maximum Gasteiger partial charge on any atom is 0.293 e. The molecule has 1 atom stereocenters. The van der Waals surface area contributed by atoms with Crippen LogP contribution in [0.15, 0.2) is 243 Å². The van der Waals surface area contributed by atoms with Crippen LogP contribution in [0.25, 0.3) is 93.8 Å². The lowest BCUT2D eigenvalue weighted by molar-refractivity contribution is -0.384. The number of nitrogens with zero attached hydrogens (tertiary/aromatic N) is 16. The lowest BCUT2D eigenvalue weighted by Crippen LogP contribution is -2.46. The van der Waals surface area contributed by atoms with Gasteiger partial charge in [0.1, 0.15) is 28.4 Å². The summed E-state index contributed by atoms with van der Waals surface area (Å²) in [4.78, 5) is 119. The molecule has 21 rings (SSSR count). The molecular weight excluding hydrogens is 1860 g/mol. The topological polar surface area (TPSA) is 443 Å². The maximum absolute atomic E-state index is 12.1. The molecule has 11 heterocycles. The second kappa shape index (κ2) is 47.2. The molecule has 10 aromatic carbocycles. The number of aromatic nitrogens is 8. The molecule has 0 bridgehead atoms. The molecule has 0 radical (unpaired) electrons. The van der Waals surface area contributed by atoms with Crippen LogP contribution in [-0.2, 0) is 0 Å². The standard InChI is InChI=1S/C24H27N5O3.C23H26N4O3.C23H26N4O2.2C21H22N4O3/c30-24-20-7-3-2-6-19(20)23(25-26-24)17-8-9-21(22(16-17)29(31)32)28-14-10-18(11-15-28)27-12-4-1-5-13-27;1-2-3-6-16-11-13-26(14-12-16)20-10-9-17(15-21(20)27(29)30)22-18-7-4-5-8-19(18)23(28)25-24-22;1-3-6-17-11-13-26(14-12-17)21-10-9-18(15-22(21)27(28)29)23-20-8-5-4-7-19(20)16(2)24-25-23;1-2-15-7-5-6-12-24(15)18-11-10-14(13-19(18)25(27)28)20-16-8-3-4-9-17(16)21(26)23-22-20;1-2-14-9-11-24(12-10-14)18-8-7-15(13-19(18)25(27)28)20-16-5-3-4-6-17(16)21(26)23-22-20/h2-3,6-9,16,18H,1,4-5,10-15H2,(H,26,30);4-5,7-10,15-16H,2-3,6,11-14H2,1H3,(H,25,28);4-5,7-10,15,17,24H,2-3,6,11-14H2,1H3;3-4,8-11,13,15H,2,5-7,12H2,1H3,(H,23,26);3-8,13-14H,2,9-12H2,1H3,(H,23,26). The number of hydrazone groups is 1. The highest BCUT2D eigenvalue weighted by atomic mass is 16.6. The minimum Gasteiger partial charge on any atom is -0.366 e. The molecule has 14 aromatic rings. The van der Waals surface area contributed by atoms with Crippen LogP contribution in [0.3, 0.4) is 0 Å². The third kappa shape index (κ3) is 23.2. The van der Waals surface area contributed by atoms with Crippen LogP contribution in [0.2, 0.25) is 0 Å². The largest absolute Gasteiger partial charge is 0.366 e. The summed E-state index contributed by atoms with van der Waals surface area (Å²) in [7, 11) is 0. The average molecular weight is 1990 g/mol. The number of benzene rings is 10. The van der Waals surface area contributed by atoms with Gasteiger partial charge in [0.25, 0.3) is 50.7 Å². The SMILES string of the molecule is C=C1NN=C(c2ccc(N3CCC(CCC)CC3)c([N+](=O)[O-])c2)c2ccccc21.CCC1CCCCN1c1ccc(-c2n[nH]c(=O)c3ccccc23)cc1[N+](=O)[O-].CCC1CCN(c2ccc(-c3n[nH]c(=O)c4ccccc34)cc2[N+](=O)[O-])CC1.CCCCC1CCN(c2ccc(-c3n[nH]c(=O)c4ccccc34)cc2[N+](=O)[O-])CC1.O=c1[nH]nc(-c2ccc(N3CCC(N4CCCCC4)CC3)c([N+](=O)[O-])c2)c2ccccc12. The van der Waals surface area contributed by atoms with E-state index in [4.69, 9.17) is 0 Å². The molecule has 760 valence electrons. The van der Waals surface area contributed by atoms with E-state index in [9.17, 15) is 69.7 Å². The van der Waals surface area contributed by atoms with Crippen molar-refractivity contribution < 1.29 is 24.6 Å². The van der Waals surface area contributed by atoms with E-state index in [0.717, 1.165) is 177 Å². The molecule has 6 fully saturated rings. The van der Waals surface area contributed by atoms with Crippen molar-refractivity contribution >= 4 is 111 Å². The molecular formula is C112H123N21O14. The molecule has 35 nitrogen and oxygen atoms in total. The van der Waals surface area contributed by atoms with Crippen LogP contribution in [0.1, 0.15) is 179 Å². The van der Waals surface area contributed by atoms with Crippen molar-refractivity contribution in [3.05, 3.63) is 328 Å². The Morgan fingerprint density at radius 2 is 0.646 bits per heavy atom. The van der Waals surface area contributed by atoms with Crippen molar-refractivity contribution in [3.8, 4) is 45.0 Å². The van der Waals surface area contributed by atoms with E-state index in [0.29, 0.717) is 140 Å². The Balaban J connectivity index is 0.000000126. The van der Waals surface area contributed by atoms with Gasteiger partial charge in [-0.1, -0.05) is 207 Å². The monoisotopic (exact) mass is 1990 g/mol. The second-order valence-corrected chi connectivity index (χ2v) is 38.9. The summed E-state index contributed by atoms with van der Waals surface area (Å²) in [5, 5.41) is 95.3. The number of piperidine rings is 6. The molecule has 7 aliphatic rings. The quantitative estimate of drug-likeness (QED) is 0.0293. The number of nitro groups is 5. The van der Waals surface area contributed by atoms with Gasteiger partial charge in [0.15, 0.2) is 0 Å². The van der Waals surface area contributed by atoms with Crippen LogP contribution in [0.4, 0.5) is 56.9 Å². The van der Waals surface area contributed by atoms with E-state index < -0.39 is 0 Å². The third-order valence-electron chi connectivity index (χ3n) is 30.0. The van der Waals surface area contributed by atoms with Crippen LogP contribution >= 0.6 is 0 Å². The van der Waals surface area contributed by atoms with Crippen LogP contribution in [0.5, 0.6) is 0 Å². The fourth-order valence-electron chi connectivity index (χ4n) is 22.1. The lowest BCUT2D eigenvalue weighted by Gasteiger charge is -2.40. The number of aromatic amines is 4. The van der Waals surface area contributed by atoms with Crippen molar-refractivity contribution in [3.63, 3.8) is 0 Å². The molecule has 147 heavy (non-hydrogen) atoms. The minimum atomic E-state index is -0.335. The first-order valence-corrected chi connectivity index (χ1v) is 51.4. The number of hydrogen-bond acceptors (Lipinski definition) is 26. The van der Waals surface area contributed by atoms with E-state index in [2.05, 4.69) is 115 Å². The Labute approximate surface area is 849 Å². The molecule has 0 spiro atoms. The van der Waals surface area contributed by atoms with E-state index in [1.54, 1.807) is 84.9 Å². The van der Waals surface area contributed by atoms with Crippen molar-refractivity contribution in [2.24, 2.45) is 22.9 Å². The van der Waals surface area contributed by atoms with Crippen LogP contribution < -0.4 is 52.2 Å². The Morgan fingerprint density at radius 3 is 1.01 bits per heavy atom. The van der Waals surface area contributed by atoms with Gasteiger partial charge >= 0.3 is 0 Å². The molecule has 0 saturated carbocycles. The Morgan fingerprint density at radius 1 is 0.327 bits per heavy atom. The van der Waals surface area contributed by atoms with Crippen molar-refractivity contribution in [1.82, 2.24) is 51.1 Å². The van der Waals surface area contributed by atoms with Gasteiger partial charge in [-0.2, -0.15) is 25.5 Å². The number of nitrogens with one attached hydrogen (secondary N) is 5. The summed E-state index contributed by atoms with van der Waals surface area (Å²) in [6.45, 7) is 22.7. The van der Waals surface area contributed by atoms with Crippen LogP contribution in [-0.4, -0.2) is 160 Å². The van der Waals surface area contributed by atoms with Gasteiger partial charge in [0.05, 0.1) is 80.3 Å². The van der Waals surface area contributed by atoms with Gasteiger partial charge in [-0.05, 0) is 175 Å². The highest BCUT2D eigenvalue weighted by Crippen LogP contribution is 2.45. The number of anilines is 5. The maximum atomic E-state index is 12.1. The summed E-state index contributed by atoms with van der Waals surface area (Å²) < 4.78 is 0. The molecule has 4 aromatic heterocycles. The predicted octanol–water partition coefficient (Wildman–Crippen LogP) is 22.2. The van der Waals surface area contributed by atoms with E-state index in [1.165, 1.54) is 64.5 Å². The summed E-state index contributed by atoms with van der Waals surface area (Å²) in [5.74, 6) is 2.16. The first-order valence-electron chi connectivity index (χ1n) is 51.4. The predicted molar refractivity (Wildman–Crippen MR) is 581 cm³/mol. The normalized spacial score (nSPS) is 16.4. The fourth-order valence-corrected chi connectivity index (χ4v) is 22.1. The molecule has 5 N–H and O–H groups in total. The van der Waals surface area contributed by atoms with Gasteiger partial charge in [0.2, 0.25) is 0 Å². The second-order valence-electron chi connectivity index (χ2n) is 38.9. The summed E-state index contributed by atoms with van der Waals surface area (Å²) in [5.41, 5.74) is 14.3. The van der Waals surface area contributed by atoms with Crippen molar-refractivity contribution in [1.29, 1.82) is 0 Å². The zero-order chi connectivity index (χ0) is 103. The van der Waals surface area contributed by atoms with Gasteiger partial charge in [0, 0.05) is 162 Å². The van der Waals surface area contributed by atoms with Gasteiger partial charge in [-0.15, -0.1) is 0 Å². The number of H-pyrrole nitrogens is 4. The van der Waals surface area contributed by atoms with Gasteiger partial charge in [-0.3, -0.25) is 75.2 Å². The zero-order valence-electron chi connectivity index (χ0n) is 83.3. The minimum absolute atomic E-state index is 0.0736. The summed E-state index contributed by atoms with van der Waals surface area (Å²) >= 11 is 0. The van der Waals surface area contributed by atoms with E-state index in [-0.39, 0.29) is 75.3 Å². The highest BCUT2D eigenvalue weighted by molar-refractivity contribution is 6.17. The molecule has 35 heteroatoms. The number of unbranched alkanes of at least 4 members (excludes halogenated alkanes) is 1. The fraction of sp³-hybridized carbons (Fsp3) is 0.366. The van der Waals surface area contributed by atoms with Gasteiger partial charge < -0.3 is 29.4 Å². The number of hydrogen-bond donors (Lipinski definition) is 5. The molecule has 0 aliphatic carbocycles. The zero-order valence-corrected chi connectivity index (χ0v) is 83.3. The van der Waals surface area contributed by atoms with Crippen molar-refractivity contribution in [2.45, 2.75) is 175 Å². The van der Waals surface area contributed by atoms with Gasteiger partial charge in [-0.25, -0.2) is 20.4 Å². The molecule has 7 aliphatic heterocycles. The van der Waals surface area contributed by atoms with Crippen LogP contribution in [0, 0.1) is 68.3 Å². The highest BCUT2D eigenvalue weighted by Gasteiger charge is 2.35. The van der Waals surface area contributed by atoms with E-state index in [1.807, 2.05) is 127 Å². The van der Waals surface area contributed by atoms with Crippen molar-refractivity contribution in [2.75, 3.05) is 96.5 Å². The Bertz CT molecular complexity index is 7490. The molecule has 0 amide bonds. The summed E-state index contributed by atoms with van der Waals surface area (Å²) in [6, 6.07) is 63.8. The third-order valence-corrected chi connectivity index (χ3v) is 30.0. The smallest absolute Gasteiger partial charge is 0.293 e.